The van der Waals surface area contributed by atoms with Crippen LogP contribution in [0.1, 0.15) is 96.8 Å². The topological polar surface area (TPSA) is 68.8 Å². The maximum absolute atomic E-state index is 10.3. The van der Waals surface area contributed by atoms with E-state index >= 15 is 0 Å². The average Bonchev–Trinajstić information content (AvgIpc) is 2.34. The molecule has 120 valence electrons. The van der Waals surface area contributed by atoms with E-state index in [4.69, 9.17) is 5.11 Å². The van der Waals surface area contributed by atoms with Crippen LogP contribution in [-0.2, 0) is 4.79 Å². The molecule has 0 rings (SSSR count). The number of aliphatic carboxylic acids is 1. The Hall–Kier alpha value is 1.43. The van der Waals surface area contributed by atoms with E-state index in [-0.39, 0.29) is 64.6 Å². The summed E-state index contributed by atoms with van der Waals surface area (Å²) in [6.45, 7) is 2.26. The van der Waals surface area contributed by atoms with Crippen LogP contribution in [0.25, 0.3) is 0 Å². The van der Waals surface area contributed by atoms with E-state index in [1.54, 1.807) is 0 Å². The van der Waals surface area contributed by atoms with Crippen molar-refractivity contribution < 1.29 is 15.4 Å². The van der Waals surface area contributed by atoms with Crippen molar-refractivity contribution in [2.24, 2.45) is 0 Å². The zero-order valence-electron chi connectivity index (χ0n) is 12.8. The number of carboxylic acid groups (broad SMARTS) is 1. The van der Waals surface area contributed by atoms with E-state index in [0.717, 1.165) is 12.8 Å². The van der Waals surface area contributed by atoms with Crippen LogP contribution in [0.15, 0.2) is 0 Å². The van der Waals surface area contributed by atoms with Gasteiger partial charge in [0.05, 0.1) is 0 Å². The van der Waals surface area contributed by atoms with E-state index in [1.807, 2.05) is 0 Å². The van der Waals surface area contributed by atoms with Gasteiger partial charge >= 0.3 is 65.1 Å². The summed E-state index contributed by atoms with van der Waals surface area (Å²) < 4.78 is 0. The molecule has 0 unspecified atom stereocenters. The Morgan fingerprint density at radius 2 is 0.952 bits per heavy atom. The van der Waals surface area contributed by atoms with Crippen LogP contribution in [0, 0.1) is 0 Å². The third kappa shape index (κ3) is 30.0. The second kappa shape index (κ2) is 26.3. The Morgan fingerprint density at radius 1 is 0.667 bits per heavy atom. The van der Waals surface area contributed by atoms with Gasteiger partial charge in [-0.05, 0) is 6.42 Å². The quantitative estimate of drug-likeness (QED) is 0.393. The summed E-state index contributed by atoms with van der Waals surface area (Å²) in [5.74, 6) is -0.655. The molecule has 0 spiro atoms. The van der Waals surface area contributed by atoms with Crippen molar-refractivity contribution in [3.05, 3.63) is 0 Å². The van der Waals surface area contributed by atoms with Crippen molar-refractivity contribution in [3.8, 4) is 0 Å². The molecule has 0 heterocycles. The minimum atomic E-state index is -0.655. The van der Waals surface area contributed by atoms with Gasteiger partial charge in [-0.1, -0.05) is 84.0 Å². The molecule has 0 bridgehead atoms. The average molecular weight is 322 g/mol. The summed E-state index contributed by atoms with van der Waals surface area (Å²) in [5.41, 5.74) is 0. The van der Waals surface area contributed by atoms with Crippen LogP contribution in [0.5, 0.6) is 0 Å². The molecule has 0 aromatic carbocycles. The van der Waals surface area contributed by atoms with E-state index in [0.29, 0.717) is 6.42 Å². The van der Waals surface area contributed by atoms with Crippen molar-refractivity contribution >= 4 is 65.1 Å². The molecule has 0 atom stereocenters. The number of hydrogen-bond donors (Lipinski definition) is 1. The van der Waals surface area contributed by atoms with E-state index < -0.39 is 5.97 Å². The van der Waals surface area contributed by atoms with Gasteiger partial charge in [0.2, 0.25) is 0 Å². The van der Waals surface area contributed by atoms with Crippen molar-refractivity contribution in [3.63, 3.8) is 0 Å². The van der Waals surface area contributed by atoms with Gasteiger partial charge in [0, 0.05) is 6.42 Å². The molecule has 0 aliphatic heterocycles. The normalized spacial score (nSPS) is 9.19. The number of hydrogen-bond acceptors (Lipinski definition) is 1. The first-order chi connectivity index (χ1) is 8.77. The number of carbonyl (C=O) groups is 1. The Morgan fingerprint density at radius 3 is 1.24 bits per heavy atom. The standard InChI is InChI=1S/C16H32O2.2Na.H2O.2H/c1-2-3-4-5-6-7-8-9-10-11-12-13-14-15-16(17)18;;;;;/h2-15H2,1H3,(H,17,18);;;1H2;;. The van der Waals surface area contributed by atoms with E-state index in [2.05, 4.69) is 6.92 Å². The Balaban J connectivity index is -0.000000482. The van der Waals surface area contributed by atoms with Crippen LogP contribution >= 0.6 is 0 Å². The van der Waals surface area contributed by atoms with Gasteiger partial charge in [-0.15, -0.1) is 0 Å². The summed E-state index contributed by atoms with van der Waals surface area (Å²) in [6.07, 6.45) is 17.3. The zero-order valence-corrected chi connectivity index (χ0v) is 12.8. The van der Waals surface area contributed by atoms with Crippen molar-refractivity contribution in [1.82, 2.24) is 0 Å². The Labute approximate surface area is 175 Å². The molecular formula is C16H36Na2O3. The first-order valence-electron chi connectivity index (χ1n) is 7.99. The minimum absolute atomic E-state index is 0. The van der Waals surface area contributed by atoms with Crippen LogP contribution in [0.4, 0.5) is 0 Å². The number of carboxylic acids is 1. The second-order valence-electron chi connectivity index (χ2n) is 5.39. The van der Waals surface area contributed by atoms with E-state index in [9.17, 15) is 4.79 Å². The van der Waals surface area contributed by atoms with Crippen LogP contribution in [0.3, 0.4) is 0 Å². The summed E-state index contributed by atoms with van der Waals surface area (Å²) in [5, 5.41) is 8.49. The fourth-order valence-corrected chi connectivity index (χ4v) is 2.29. The van der Waals surface area contributed by atoms with Crippen molar-refractivity contribution in [1.29, 1.82) is 0 Å². The monoisotopic (exact) mass is 322 g/mol. The van der Waals surface area contributed by atoms with Gasteiger partial charge in [0.15, 0.2) is 0 Å². The molecule has 3 N–H and O–H groups in total. The van der Waals surface area contributed by atoms with Crippen molar-refractivity contribution in [2.45, 2.75) is 96.8 Å². The van der Waals surface area contributed by atoms with Gasteiger partial charge in [-0.3, -0.25) is 4.79 Å². The number of unbranched alkanes of at least 4 members (excludes halogenated alkanes) is 12. The van der Waals surface area contributed by atoms with Gasteiger partial charge in [-0.2, -0.15) is 0 Å². The molecule has 0 fully saturated rings. The van der Waals surface area contributed by atoms with Crippen LogP contribution in [-0.4, -0.2) is 75.7 Å². The molecule has 0 aromatic rings. The molecule has 0 aromatic heterocycles. The maximum atomic E-state index is 10.3. The summed E-state index contributed by atoms with van der Waals surface area (Å²) in [4.78, 5) is 10.3. The fraction of sp³-hybridized carbons (Fsp3) is 0.938. The molecule has 0 amide bonds. The predicted octanol–water partition coefficient (Wildman–Crippen LogP) is 3.43. The van der Waals surface area contributed by atoms with Crippen LogP contribution < -0.4 is 0 Å². The molecular weight excluding hydrogens is 286 g/mol. The molecule has 3 nitrogen and oxygen atoms in total. The summed E-state index contributed by atoms with van der Waals surface area (Å²) >= 11 is 0. The first kappa shape index (κ1) is 30.3. The Bertz CT molecular complexity index is 190. The molecule has 0 saturated carbocycles. The molecule has 0 saturated heterocycles. The third-order valence-electron chi connectivity index (χ3n) is 3.49. The van der Waals surface area contributed by atoms with E-state index in [1.165, 1.54) is 70.6 Å². The molecule has 0 radical (unpaired) electrons. The second-order valence-corrected chi connectivity index (χ2v) is 5.39. The van der Waals surface area contributed by atoms with Gasteiger partial charge in [0.1, 0.15) is 0 Å². The fourth-order valence-electron chi connectivity index (χ4n) is 2.29. The first-order valence-corrected chi connectivity index (χ1v) is 7.99. The third-order valence-corrected chi connectivity index (χ3v) is 3.49. The SMILES string of the molecule is CCCCCCCCCCCCCCCC(=O)O.O.[NaH].[NaH]. The zero-order chi connectivity index (χ0) is 13.5. The van der Waals surface area contributed by atoms with Gasteiger partial charge in [0.25, 0.3) is 0 Å². The molecule has 0 aliphatic carbocycles. The number of rotatable bonds is 14. The van der Waals surface area contributed by atoms with Gasteiger partial charge in [-0.25, -0.2) is 0 Å². The van der Waals surface area contributed by atoms with Crippen LogP contribution in [0.2, 0.25) is 0 Å². The summed E-state index contributed by atoms with van der Waals surface area (Å²) in [6, 6.07) is 0. The molecule has 0 aliphatic rings. The molecule has 5 heteroatoms. The molecule has 21 heavy (non-hydrogen) atoms. The van der Waals surface area contributed by atoms with Crippen molar-refractivity contribution in [2.75, 3.05) is 0 Å². The predicted molar refractivity (Wildman–Crippen MR) is 95.9 cm³/mol. The summed E-state index contributed by atoms with van der Waals surface area (Å²) in [7, 11) is 0. The Kier molecular flexibility index (Phi) is 38.0. The van der Waals surface area contributed by atoms with Gasteiger partial charge < -0.3 is 10.6 Å².